The lowest BCUT2D eigenvalue weighted by Crippen LogP contribution is -2.25. The van der Waals surface area contributed by atoms with Crippen LogP contribution in [0.2, 0.25) is 0 Å². The van der Waals surface area contributed by atoms with Crippen LogP contribution in [0, 0.1) is 6.92 Å². The normalized spacial score (nSPS) is 10.1. The predicted octanol–water partition coefficient (Wildman–Crippen LogP) is 1.91. The molecule has 1 amide bonds. The minimum Gasteiger partial charge on any atom is -0.481 e. The molecule has 98 valence electrons. The molecular formula is C14H19NO3. The summed E-state index contributed by atoms with van der Waals surface area (Å²) in [5.74, 6) is -0.937. The zero-order chi connectivity index (χ0) is 13.4. The number of hydrogen-bond acceptors (Lipinski definition) is 2. The van der Waals surface area contributed by atoms with Gasteiger partial charge in [0.1, 0.15) is 0 Å². The number of carboxylic acid groups (broad SMARTS) is 1. The van der Waals surface area contributed by atoms with E-state index < -0.39 is 5.97 Å². The summed E-state index contributed by atoms with van der Waals surface area (Å²) in [7, 11) is 0. The van der Waals surface area contributed by atoms with E-state index >= 15 is 0 Å². The topological polar surface area (TPSA) is 66.4 Å². The molecular weight excluding hydrogens is 230 g/mol. The molecule has 4 heteroatoms. The SMILES string of the molecule is Cc1ccccc1CCNC(=O)CCCC(=O)O. The number of aliphatic carboxylic acids is 1. The zero-order valence-corrected chi connectivity index (χ0v) is 10.6. The van der Waals surface area contributed by atoms with Crippen LogP contribution in [0.1, 0.15) is 30.4 Å². The number of amides is 1. The second kappa shape index (κ2) is 7.48. The molecule has 0 spiro atoms. The van der Waals surface area contributed by atoms with Crippen molar-refractivity contribution in [2.24, 2.45) is 0 Å². The van der Waals surface area contributed by atoms with Gasteiger partial charge in [-0.25, -0.2) is 0 Å². The van der Waals surface area contributed by atoms with Gasteiger partial charge in [0.2, 0.25) is 5.91 Å². The van der Waals surface area contributed by atoms with Crippen LogP contribution in [0.25, 0.3) is 0 Å². The molecule has 0 radical (unpaired) electrons. The predicted molar refractivity (Wildman–Crippen MR) is 69.4 cm³/mol. The fourth-order valence-corrected chi connectivity index (χ4v) is 1.72. The van der Waals surface area contributed by atoms with Crippen LogP contribution in [0.3, 0.4) is 0 Å². The summed E-state index contributed by atoms with van der Waals surface area (Å²) < 4.78 is 0. The second-order valence-electron chi connectivity index (χ2n) is 4.27. The van der Waals surface area contributed by atoms with Gasteiger partial charge in [-0.3, -0.25) is 9.59 Å². The molecule has 1 rings (SSSR count). The lowest BCUT2D eigenvalue weighted by molar-refractivity contribution is -0.137. The number of carbonyl (C=O) groups excluding carboxylic acids is 1. The van der Waals surface area contributed by atoms with Gasteiger partial charge in [0, 0.05) is 19.4 Å². The van der Waals surface area contributed by atoms with Crippen molar-refractivity contribution in [1.82, 2.24) is 5.32 Å². The van der Waals surface area contributed by atoms with Crippen LogP contribution in [-0.4, -0.2) is 23.5 Å². The average molecular weight is 249 g/mol. The van der Waals surface area contributed by atoms with E-state index in [2.05, 4.69) is 5.32 Å². The first-order valence-electron chi connectivity index (χ1n) is 6.12. The fraction of sp³-hybridized carbons (Fsp3) is 0.429. The largest absolute Gasteiger partial charge is 0.481 e. The van der Waals surface area contributed by atoms with Gasteiger partial charge >= 0.3 is 5.97 Å². The Morgan fingerprint density at radius 2 is 1.94 bits per heavy atom. The van der Waals surface area contributed by atoms with E-state index in [1.54, 1.807) is 0 Å². The van der Waals surface area contributed by atoms with E-state index in [1.165, 1.54) is 11.1 Å². The molecule has 18 heavy (non-hydrogen) atoms. The molecule has 0 bridgehead atoms. The Hall–Kier alpha value is -1.84. The third kappa shape index (κ3) is 5.48. The minimum absolute atomic E-state index is 0.0468. The zero-order valence-electron chi connectivity index (χ0n) is 10.6. The maximum absolute atomic E-state index is 11.4. The highest BCUT2D eigenvalue weighted by atomic mass is 16.4. The van der Waals surface area contributed by atoms with Crippen molar-refractivity contribution in [3.05, 3.63) is 35.4 Å². The quantitative estimate of drug-likeness (QED) is 0.775. The van der Waals surface area contributed by atoms with E-state index in [9.17, 15) is 9.59 Å². The summed E-state index contributed by atoms with van der Waals surface area (Å²) in [5.41, 5.74) is 2.45. The van der Waals surface area contributed by atoms with Crippen molar-refractivity contribution in [1.29, 1.82) is 0 Å². The van der Waals surface area contributed by atoms with E-state index in [-0.39, 0.29) is 18.7 Å². The number of aryl methyl sites for hydroxylation is 1. The number of nitrogens with one attached hydrogen (secondary N) is 1. The molecule has 0 unspecified atom stereocenters. The van der Waals surface area contributed by atoms with Gasteiger partial charge in [0.05, 0.1) is 0 Å². The van der Waals surface area contributed by atoms with Crippen LogP contribution < -0.4 is 5.32 Å². The van der Waals surface area contributed by atoms with Crippen molar-refractivity contribution in [2.45, 2.75) is 32.6 Å². The van der Waals surface area contributed by atoms with Crippen molar-refractivity contribution in [2.75, 3.05) is 6.54 Å². The van der Waals surface area contributed by atoms with E-state index in [4.69, 9.17) is 5.11 Å². The molecule has 0 heterocycles. The Morgan fingerprint density at radius 1 is 1.22 bits per heavy atom. The Bertz CT molecular complexity index is 415. The van der Waals surface area contributed by atoms with Crippen LogP contribution in [0.15, 0.2) is 24.3 Å². The Kier molecular flexibility index (Phi) is 5.91. The standard InChI is InChI=1S/C14H19NO3/c1-11-5-2-3-6-12(11)9-10-15-13(16)7-4-8-14(17)18/h2-3,5-6H,4,7-10H2,1H3,(H,15,16)(H,17,18). The summed E-state index contributed by atoms with van der Waals surface area (Å²) in [5, 5.41) is 11.3. The third-order valence-electron chi connectivity index (χ3n) is 2.77. The smallest absolute Gasteiger partial charge is 0.303 e. The molecule has 0 atom stereocenters. The molecule has 0 aromatic heterocycles. The van der Waals surface area contributed by atoms with Crippen molar-refractivity contribution in [3.63, 3.8) is 0 Å². The molecule has 0 aliphatic heterocycles. The maximum atomic E-state index is 11.4. The summed E-state index contributed by atoms with van der Waals surface area (Å²) in [6.45, 7) is 2.64. The highest BCUT2D eigenvalue weighted by Crippen LogP contribution is 2.06. The molecule has 4 nitrogen and oxygen atoms in total. The minimum atomic E-state index is -0.859. The van der Waals surface area contributed by atoms with Crippen LogP contribution in [0.4, 0.5) is 0 Å². The third-order valence-corrected chi connectivity index (χ3v) is 2.77. The van der Waals surface area contributed by atoms with E-state index in [0.29, 0.717) is 13.0 Å². The number of benzene rings is 1. The van der Waals surface area contributed by atoms with Gasteiger partial charge in [-0.15, -0.1) is 0 Å². The maximum Gasteiger partial charge on any atom is 0.303 e. The Morgan fingerprint density at radius 3 is 2.61 bits per heavy atom. The molecule has 2 N–H and O–H groups in total. The average Bonchev–Trinajstić information content (AvgIpc) is 2.31. The van der Waals surface area contributed by atoms with Crippen molar-refractivity contribution in [3.8, 4) is 0 Å². The number of carboxylic acids is 1. The van der Waals surface area contributed by atoms with Gasteiger partial charge in [-0.05, 0) is 30.9 Å². The molecule has 0 saturated carbocycles. The summed E-state index contributed by atoms with van der Waals surface area (Å²) in [6.07, 6.45) is 1.52. The van der Waals surface area contributed by atoms with Gasteiger partial charge < -0.3 is 10.4 Å². The first-order valence-corrected chi connectivity index (χ1v) is 6.12. The first kappa shape index (κ1) is 14.2. The number of hydrogen-bond donors (Lipinski definition) is 2. The van der Waals surface area contributed by atoms with Gasteiger partial charge in [-0.2, -0.15) is 0 Å². The monoisotopic (exact) mass is 249 g/mol. The van der Waals surface area contributed by atoms with Crippen LogP contribution in [-0.2, 0) is 16.0 Å². The fourth-order valence-electron chi connectivity index (χ4n) is 1.72. The molecule has 0 aliphatic carbocycles. The molecule has 0 saturated heterocycles. The molecule has 0 fully saturated rings. The Balaban J connectivity index is 2.20. The molecule has 1 aromatic rings. The lowest BCUT2D eigenvalue weighted by Gasteiger charge is -2.07. The first-order chi connectivity index (χ1) is 8.59. The summed E-state index contributed by atoms with van der Waals surface area (Å²) in [4.78, 5) is 21.7. The summed E-state index contributed by atoms with van der Waals surface area (Å²) >= 11 is 0. The molecule has 0 aliphatic rings. The highest BCUT2D eigenvalue weighted by molar-refractivity contribution is 5.76. The van der Waals surface area contributed by atoms with Gasteiger partial charge in [0.25, 0.3) is 0 Å². The number of rotatable bonds is 7. The van der Waals surface area contributed by atoms with Crippen molar-refractivity contribution >= 4 is 11.9 Å². The van der Waals surface area contributed by atoms with Crippen LogP contribution >= 0.6 is 0 Å². The van der Waals surface area contributed by atoms with Gasteiger partial charge in [0.15, 0.2) is 0 Å². The molecule has 1 aromatic carbocycles. The van der Waals surface area contributed by atoms with Crippen LogP contribution in [0.5, 0.6) is 0 Å². The van der Waals surface area contributed by atoms with Crippen molar-refractivity contribution < 1.29 is 14.7 Å². The Labute approximate surface area is 107 Å². The highest BCUT2D eigenvalue weighted by Gasteiger charge is 2.03. The lowest BCUT2D eigenvalue weighted by atomic mass is 10.1. The van der Waals surface area contributed by atoms with Gasteiger partial charge in [-0.1, -0.05) is 24.3 Å². The van der Waals surface area contributed by atoms with E-state index in [1.807, 2.05) is 31.2 Å². The van der Waals surface area contributed by atoms with E-state index in [0.717, 1.165) is 6.42 Å². The second-order valence-corrected chi connectivity index (χ2v) is 4.27. The summed E-state index contributed by atoms with van der Waals surface area (Å²) in [6, 6.07) is 8.07. The number of carbonyl (C=O) groups is 2.